The molecule has 0 radical (unpaired) electrons. The predicted molar refractivity (Wildman–Crippen MR) is 74.9 cm³/mol. The van der Waals surface area contributed by atoms with E-state index in [1.807, 2.05) is 23.1 Å². The fourth-order valence-electron chi connectivity index (χ4n) is 1.88. The van der Waals surface area contributed by atoms with Crippen molar-refractivity contribution in [3.8, 4) is 0 Å². The van der Waals surface area contributed by atoms with Crippen LogP contribution in [0.5, 0.6) is 0 Å². The van der Waals surface area contributed by atoms with Gasteiger partial charge in [0.05, 0.1) is 5.69 Å². The lowest BCUT2D eigenvalue weighted by Crippen LogP contribution is -1.99. The number of rotatable bonds is 5. The molecule has 0 aliphatic rings. The molecule has 2 aromatic heterocycles. The molecule has 2 rings (SSSR count). The van der Waals surface area contributed by atoms with Gasteiger partial charge in [0.2, 0.25) is 5.78 Å². The lowest BCUT2D eigenvalue weighted by atomic mass is 10.3. The first-order chi connectivity index (χ1) is 8.60. The molecule has 98 valence electrons. The monoisotopic (exact) mass is 265 g/mol. The van der Waals surface area contributed by atoms with Crippen LogP contribution in [-0.2, 0) is 5.75 Å². The molecular weight excluding hydrogens is 246 g/mol. The van der Waals surface area contributed by atoms with Crippen molar-refractivity contribution in [2.75, 3.05) is 6.61 Å². The summed E-state index contributed by atoms with van der Waals surface area (Å²) in [4.78, 5) is 8.96. The minimum Gasteiger partial charge on any atom is -0.396 e. The topological polar surface area (TPSA) is 50.4 Å². The molecule has 0 spiro atoms. The van der Waals surface area contributed by atoms with Crippen molar-refractivity contribution in [1.82, 2.24) is 14.4 Å². The minimum absolute atomic E-state index is 0.249. The van der Waals surface area contributed by atoms with Crippen LogP contribution in [0.4, 0.5) is 0 Å². The van der Waals surface area contributed by atoms with Crippen LogP contribution >= 0.6 is 11.8 Å². The summed E-state index contributed by atoms with van der Waals surface area (Å²) in [5.74, 6) is 1.64. The molecule has 0 aromatic carbocycles. The summed E-state index contributed by atoms with van der Waals surface area (Å²) in [5.41, 5.74) is 3.20. The second kappa shape index (κ2) is 5.71. The second-order valence-electron chi connectivity index (χ2n) is 4.58. The summed E-state index contributed by atoms with van der Waals surface area (Å²) in [7, 11) is 0. The molecule has 0 saturated heterocycles. The Morgan fingerprint density at radius 1 is 1.39 bits per heavy atom. The molecule has 1 N–H and O–H groups in total. The molecule has 2 heterocycles. The van der Waals surface area contributed by atoms with E-state index >= 15 is 0 Å². The Morgan fingerprint density at radius 3 is 2.89 bits per heavy atom. The van der Waals surface area contributed by atoms with Gasteiger partial charge in [-0.15, -0.1) is 0 Å². The summed E-state index contributed by atoms with van der Waals surface area (Å²) >= 11 is 1.82. The maximum absolute atomic E-state index is 8.87. The summed E-state index contributed by atoms with van der Waals surface area (Å²) in [5, 5.41) is 9.33. The summed E-state index contributed by atoms with van der Waals surface area (Å²) in [6, 6.07) is 2.06. The van der Waals surface area contributed by atoms with Gasteiger partial charge in [-0.2, -0.15) is 11.8 Å². The van der Waals surface area contributed by atoms with Crippen molar-refractivity contribution in [3.63, 3.8) is 0 Å². The molecule has 2 aromatic rings. The van der Waals surface area contributed by atoms with Gasteiger partial charge < -0.3 is 5.11 Å². The van der Waals surface area contributed by atoms with E-state index < -0.39 is 0 Å². The van der Waals surface area contributed by atoms with Crippen LogP contribution < -0.4 is 0 Å². The lowest BCUT2D eigenvalue weighted by Gasteiger charge is -2.06. The third-order valence-electron chi connectivity index (χ3n) is 2.86. The number of nitrogens with zero attached hydrogens (tertiary/aromatic N) is 3. The van der Waals surface area contributed by atoms with Crippen LogP contribution in [0.1, 0.15) is 30.4 Å². The zero-order valence-electron chi connectivity index (χ0n) is 11.1. The Morgan fingerprint density at radius 2 is 2.17 bits per heavy atom. The van der Waals surface area contributed by atoms with Crippen LogP contribution in [0, 0.1) is 13.8 Å². The van der Waals surface area contributed by atoms with E-state index in [4.69, 9.17) is 5.11 Å². The molecule has 0 saturated carbocycles. The van der Waals surface area contributed by atoms with Crippen LogP contribution in [0.15, 0.2) is 12.3 Å². The molecule has 0 aliphatic carbocycles. The van der Waals surface area contributed by atoms with Gasteiger partial charge in [0.1, 0.15) is 0 Å². The molecule has 0 amide bonds. The van der Waals surface area contributed by atoms with E-state index in [9.17, 15) is 0 Å². The van der Waals surface area contributed by atoms with E-state index in [1.54, 1.807) is 0 Å². The lowest BCUT2D eigenvalue weighted by molar-refractivity contribution is 0.289. The van der Waals surface area contributed by atoms with Gasteiger partial charge in [0, 0.05) is 35.2 Å². The van der Waals surface area contributed by atoms with Crippen LogP contribution in [0.25, 0.3) is 5.78 Å². The number of hydrogen-bond donors (Lipinski definition) is 1. The van der Waals surface area contributed by atoms with Gasteiger partial charge in [0.15, 0.2) is 0 Å². The molecule has 0 bridgehead atoms. The van der Waals surface area contributed by atoms with Crippen molar-refractivity contribution in [2.45, 2.75) is 38.2 Å². The number of aliphatic hydroxyl groups excluding tert-OH is 1. The van der Waals surface area contributed by atoms with Gasteiger partial charge in [-0.3, -0.25) is 4.40 Å². The molecule has 0 fully saturated rings. The van der Waals surface area contributed by atoms with Crippen molar-refractivity contribution in [1.29, 1.82) is 0 Å². The molecule has 1 atom stereocenters. The number of imidazole rings is 1. The number of aliphatic hydroxyl groups is 1. The quantitative estimate of drug-likeness (QED) is 0.901. The molecule has 1 unspecified atom stereocenters. The maximum Gasteiger partial charge on any atom is 0.234 e. The third kappa shape index (κ3) is 3.03. The molecular formula is C13H19N3OS. The van der Waals surface area contributed by atoms with Crippen molar-refractivity contribution in [3.05, 3.63) is 29.3 Å². The van der Waals surface area contributed by atoms with Crippen molar-refractivity contribution >= 4 is 17.5 Å². The molecule has 4 nitrogen and oxygen atoms in total. The van der Waals surface area contributed by atoms with E-state index in [1.165, 1.54) is 0 Å². The van der Waals surface area contributed by atoms with Gasteiger partial charge in [0.25, 0.3) is 0 Å². The smallest absolute Gasteiger partial charge is 0.234 e. The number of hydrogen-bond acceptors (Lipinski definition) is 4. The van der Waals surface area contributed by atoms with E-state index in [-0.39, 0.29) is 6.61 Å². The summed E-state index contributed by atoms with van der Waals surface area (Å²) in [6.45, 7) is 6.43. The van der Waals surface area contributed by atoms with Crippen LogP contribution in [0.2, 0.25) is 0 Å². The van der Waals surface area contributed by atoms with E-state index in [0.717, 1.165) is 35.0 Å². The Kier molecular flexibility index (Phi) is 4.24. The highest BCUT2D eigenvalue weighted by molar-refractivity contribution is 7.99. The first-order valence-electron chi connectivity index (χ1n) is 6.15. The second-order valence-corrected chi connectivity index (χ2v) is 6.00. The zero-order chi connectivity index (χ0) is 13.1. The average Bonchev–Trinajstić information content (AvgIpc) is 2.70. The Labute approximate surface area is 111 Å². The standard InChI is InChI=1S/C13H19N3OS/c1-9-6-10(2)16-7-12(15-13(16)14-9)8-18-11(3)4-5-17/h6-7,11,17H,4-5,8H2,1-3H3. The number of thioether (sulfide) groups is 1. The van der Waals surface area contributed by atoms with Crippen molar-refractivity contribution < 1.29 is 5.11 Å². The summed E-state index contributed by atoms with van der Waals surface area (Å²) < 4.78 is 2.03. The largest absolute Gasteiger partial charge is 0.396 e. The normalized spacial score (nSPS) is 13.1. The van der Waals surface area contributed by atoms with Crippen molar-refractivity contribution in [2.24, 2.45) is 0 Å². The fraction of sp³-hybridized carbons (Fsp3) is 0.538. The molecule has 5 heteroatoms. The molecule has 0 aliphatic heterocycles. The molecule has 18 heavy (non-hydrogen) atoms. The van der Waals surface area contributed by atoms with E-state index in [2.05, 4.69) is 36.1 Å². The van der Waals surface area contributed by atoms with Gasteiger partial charge in [-0.1, -0.05) is 6.92 Å². The Bertz CT molecular complexity index is 538. The highest BCUT2D eigenvalue weighted by Gasteiger charge is 2.08. The highest BCUT2D eigenvalue weighted by atomic mass is 32.2. The number of fused-ring (bicyclic) bond motifs is 1. The maximum atomic E-state index is 8.87. The Hall–Kier alpha value is -1.07. The first-order valence-corrected chi connectivity index (χ1v) is 7.19. The minimum atomic E-state index is 0.249. The average molecular weight is 265 g/mol. The first kappa shape index (κ1) is 13.4. The van der Waals surface area contributed by atoms with Gasteiger partial charge in [-0.25, -0.2) is 9.97 Å². The Balaban J connectivity index is 2.13. The SMILES string of the molecule is Cc1cc(C)n2cc(CSC(C)CCO)nc2n1. The van der Waals surface area contributed by atoms with Gasteiger partial charge >= 0.3 is 0 Å². The predicted octanol–water partition coefficient (Wildman–Crippen LogP) is 2.35. The fourth-order valence-corrected chi connectivity index (χ4v) is 2.75. The van der Waals surface area contributed by atoms with Crippen LogP contribution in [0.3, 0.4) is 0 Å². The zero-order valence-corrected chi connectivity index (χ0v) is 11.9. The number of aromatic nitrogens is 3. The van der Waals surface area contributed by atoms with Crippen LogP contribution in [-0.4, -0.2) is 31.3 Å². The highest BCUT2D eigenvalue weighted by Crippen LogP contribution is 2.20. The summed E-state index contributed by atoms with van der Waals surface area (Å²) in [6.07, 6.45) is 2.88. The van der Waals surface area contributed by atoms with E-state index in [0.29, 0.717) is 5.25 Å². The van der Waals surface area contributed by atoms with Gasteiger partial charge in [-0.05, 0) is 26.3 Å². The number of aryl methyl sites for hydroxylation is 2. The third-order valence-corrected chi connectivity index (χ3v) is 4.13.